The van der Waals surface area contributed by atoms with Crippen molar-refractivity contribution in [2.24, 2.45) is 0 Å². The van der Waals surface area contributed by atoms with Gasteiger partial charge in [0.25, 0.3) is 0 Å². The molecule has 0 saturated heterocycles. The zero-order valence-corrected chi connectivity index (χ0v) is 12.2. The van der Waals surface area contributed by atoms with Gasteiger partial charge >= 0.3 is 5.97 Å². The maximum atomic E-state index is 12.3. The third kappa shape index (κ3) is 2.68. The third-order valence-corrected chi connectivity index (χ3v) is 3.88. The molecule has 0 radical (unpaired) electrons. The van der Waals surface area contributed by atoms with E-state index in [1.807, 2.05) is 30.3 Å². The van der Waals surface area contributed by atoms with Gasteiger partial charge < -0.3 is 9.26 Å². The lowest BCUT2D eigenvalue weighted by Crippen LogP contribution is -2.18. The molecule has 110 valence electrons. The quantitative estimate of drug-likeness (QED) is 0.791. The average Bonchev–Trinajstić information content (AvgIpc) is 3.04. The van der Waals surface area contributed by atoms with E-state index in [-0.39, 0.29) is 11.4 Å². The van der Waals surface area contributed by atoms with E-state index < -0.39 is 5.92 Å². The van der Waals surface area contributed by atoms with Crippen LogP contribution in [-0.2, 0) is 14.9 Å². The Morgan fingerprint density at radius 3 is 2.71 bits per heavy atom. The summed E-state index contributed by atoms with van der Waals surface area (Å²) in [6.07, 6.45) is 2.11. The summed E-state index contributed by atoms with van der Waals surface area (Å²) in [6.45, 7) is 4.20. The van der Waals surface area contributed by atoms with Crippen molar-refractivity contribution in [3.05, 3.63) is 47.6 Å². The molecule has 3 rings (SSSR count). The molecule has 1 aromatic heterocycles. The van der Waals surface area contributed by atoms with Gasteiger partial charge in [-0.05, 0) is 25.3 Å². The smallest absolute Gasteiger partial charge is 0.323 e. The molecular formula is C16H18N2O3. The Morgan fingerprint density at radius 1 is 1.38 bits per heavy atom. The molecule has 1 fully saturated rings. The normalized spacial score (nSPS) is 17.2. The van der Waals surface area contributed by atoms with E-state index in [1.165, 1.54) is 0 Å². The van der Waals surface area contributed by atoms with Crippen molar-refractivity contribution in [2.45, 2.75) is 38.0 Å². The molecule has 2 aromatic rings. The summed E-state index contributed by atoms with van der Waals surface area (Å²) in [4.78, 5) is 16.7. The third-order valence-electron chi connectivity index (χ3n) is 3.88. The van der Waals surface area contributed by atoms with E-state index in [2.05, 4.69) is 17.1 Å². The van der Waals surface area contributed by atoms with Gasteiger partial charge in [-0.15, -0.1) is 0 Å². The first-order chi connectivity index (χ1) is 10.1. The van der Waals surface area contributed by atoms with Crippen LogP contribution < -0.4 is 0 Å². The van der Waals surface area contributed by atoms with Crippen molar-refractivity contribution in [3.63, 3.8) is 0 Å². The summed E-state index contributed by atoms with van der Waals surface area (Å²) in [5.41, 5.74) is 0.810. The van der Waals surface area contributed by atoms with Gasteiger partial charge in [-0.3, -0.25) is 4.79 Å². The minimum absolute atomic E-state index is 0.0116. The summed E-state index contributed by atoms with van der Waals surface area (Å²) in [5, 5.41) is 4.04. The van der Waals surface area contributed by atoms with Crippen LogP contribution in [-0.4, -0.2) is 22.7 Å². The molecule has 1 atom stereocenters. The van der Waals surface area contributed by atoms with Crippen LogP contribution >= 0.6 is 0 Å². The number of hydrogen-bond donors (Lipinski definition) is 0. The van der Waals surface area contributed by atoms with E-state index in [4.69, 9.17) is 9.26 Å². The maximum absolute atomic E-state index is 12.3. The molecule has 1 heterocycles. The highest BCUT2D eigenvalue weighted by molar-refractivity contribution is 5.80. The second kappa shape index (κ2) is 5.31. The van der Waals surface area contributed by atoms with Crippen molar-refractivity contribution in [1.29, 1.82) is 0 Å². The largest absolute Gasteiger partial charge is 0.465 e. The topological polar surface area (TPSA) is 65.2 Å². The fraction of sp³-hybridized carbons (Fsp3) is 0.438. The van der Waals surface area contributed by atoms with E-state index in [0.717, 1.165) is 18.4 Å². The first-order valence-corrected chi connectivity index (χ1v) is 7.20. The van der Waals surface area contributed by atoms with Gasteiger partial charge in [0.05, 0.1) is 6.61 Å². The number of rotatable bonds is 5. The Labute approximate surface area is 123 Å². The van der Waals surface area contributed by atoms with Crippen LogP contribution in [0.4, 0.5) is 0 Å². The maximum Gasteiger partial charge on any atom is 0.323 e. The summed E-state index contributed by atoms with van der Waals surface area (Å²) < 4.78 is 10.5. The SMILES string of the molecule is CCOC(=O)C(c1ccccc1)c1nc(C2(C)CC2)no1. The predicted octanol–water partition coefficient (Wildman–Crippen LogP) is 2.82. The van der Waals surface area contributed by atoms with Crippen LogP contribution in [0.2, 0.25) is 0 Å². The molecule has 1 aromatic carbocycles. The van der Waals surface area contributed by atoms with E-state index in [1.54, 1.807) is 6.92 Å². The molecule has 0 amide bonds. The second-order valence-electron chi connectivity index (χ2n) is 5.61. The number of esters is 1. The molecule has 0 bridgehead atoms. The molecule has 0 spiro atoms. The number of carbonyl (C=O) groups is 1. The lowest BCUT2D eigenvalue weighted by atomic mass is 9.99. The van der Waals surface area contributed by atoms with E-state index >= 15 is 0 Å². The van der Waals surface area contributed by atoms with Crippen molar-refractivity contribution < 1.29 is 14.1 Å². The fourth-order valence-electron chi connectivity index (χ4n) is 2.26. The lowest BCUT2D eigenvalue weighted by Gasteiger charge is -2.11. The Balaban J connectivity index is 1.95. The van der Waals surface area contributed by atoms with Crippen LogP contribution in [0, 0.1) is 0 Å². The molecule has 21 heavy (non-hydrogen) atoms. The van der Waals surface area contributed by atoms with Gasteiger partial charge in [0.2, 0.25) is 5.89 Å². The van der Waals surface area contributed by atoms with Crippen LogP contribution in [0.3, 0.4) is 0 Å². The van der Waals surface area contributed by atoms with Gasteiger partial charge in [-0.25, -0.2) is 0 Å². The lowest BCUT2D eigenvalue weighted by molar-refractivity contribution is -0.144. The van der Waals surface area contributed by atoms with Gasteiger partial charge in [-0.1, -0.05) is 42.4 Å². The Bertz CT molecular complexity index is 632. The molecule has 1 aliphatic carbocycles. The number of ether oxygens (including phenoxy) is 1. The molecular weight excluding hydrogens is 268 g/mol. The molecule has 1 aliphatic rings. The van der Waals surface area contributed by atoms with Crippen molar-refractivity contribution in [1.82, 2.24) is 10.1 Å². The summed E-state index contributed by atoms with van der Waals surface area (Å²) in [5.74, 6) is -0.0277. The Kier molecular flexibility index (Phi) is 3.49. The highest BCUT2D eigenvalue weighted by Crippen LogP contribution is 2.46. The van der Waals surface area contributed by atoms with Crippen LogP contribution in [0.1, 0.15) is 49.9 Å². The molecule has 1 saturated carbocycles. The van der Waals surface area contributed by atoms with Crippen LogP contribution in [0.25, 0.3) is 0 Å². The predicted molar refractivity (Wildman–Crippen MR) is 75.8 cm³/mol. The molecule has 5 nitrogen and oxygen atoms in total. The average molecular weight is 286 g/mol. The first-order valence-electron chi connectivity index (χ1n) is 7.20. The van der Waals surface area contributed by atoms with E-state index in [0.29, 0.717) is 18.3 Å². The Hall–Kier alpha value is -2.17. The number of nitrogens with zero attached hydrogens (tertiary/aromatic N) is 2. The van der Waals surface area contributed by atoms with Crippen molar-refractivity contribution in [3.8, 4) is 0 Å². The summed E-state index contributed by atoms with van der Waals surface area (Å²) in [7, 11) is 0. The molecule has 1 unspecified atom stereocenters. The molecule has 0 aliphatic heterocycles. The van der Waals surface area contributed by atoms with Gasteiger partial charge in [0, 0.05) is 5.41 Å². The summed E-state index contributed by atoms with van der Waals surface area (Å²) in [6, 6.07) is 9.38. The Morgan fingerprint density at radius 2 is 2.10 bits per heavy atom. The number of hydrogen-bond acceptors (Lipinski definition) is 5. The monoisotopic (exact) mass is 286 g/mol. The minimum atomic E-state index is -0.658. The fourth-order valence-corrected chi connectivity index (χ4v) is 2.26. The van der Waals surface area contributed by atoms with Gasteiger partial charge in [0.15, 0.2) is 11.7 Å². The number of benzene rings is 1. The summed E-state index contributed by atoms with van der Waals surface area (Å²) >= 11 is 0. The highest BCUT2D eigenvalue weighted by Gasteiger charge is 2.44. The van der Waals surface area contributed by atoms with Gasteiger partial charge in [-0.2, -0.15) is 4.98 Å². The van der Waals surface area contributed by atoms with Crippen molar-refractivity contribution in [2.75, 3.05) is 6.61 Å². The minimum Gasteiger partial charge on any atom is -0.465 e. The number of carbonyl (C=O) groups excluding carboxylic acids is 1. The standard InChI is InChI=1S/C16H18N2O3/c1-3-20-14(19)12(11-7-5-4-6-8-11)13-17-15(18-21-13)16(2)9-10-16/h4-8,12H,3,9-10H2,1-2H3. The highest BCUT2D eigenvalue weighted by atomic mass is 16.5. The molecule has 5 heteroatoms. The number of aromatic nitrogens is 2. The second-order valence-corrected chi connectivity index (χ2v) is 5.61. The van der Waals surface area contributed by atoms with E-state index in [9.17, 15) is 4.79 Å². The van der Waals surface area contributed by atoms with Gasteiger partial charge in [0.1, 0.15) is 0 Å². The van der Waals surface area contributed by atoms with Crippen molar-refractivity contribution >= 4 is 5.97 Å². The molecule has 0 N–H and O–H groups in total. The van der Waals surface area contributed by atoms with Crippen LogP contribution in [0.5, 0.6) is 0 Å². The first kappa shape index (κ1) is 13.8. The zero-order valence-electron chi connectivity index (χ0n) is 12.2. The zero-order chi connectivity index (χ0) is 14.9. The van der Waals surface area contributed by atoms with Crippen LogP contribution in [0.15, 0.2) is 34.9 Å².